The van der Waals surface area contributed by atoms with Gasteiger partial charge in [0.2, 0.25) is 5.91 Å². The molecule has 0 bridgehead atoms. The van der Waals surface area contributed by atoms with Crippen LogP contribution in [0.15, 0.2) is 53.1 Å². The number of ether oxygens (including phenoxy) is 1. The lowest BCUT2D eigenvalue weighted by Gasteiger charge is -2.36. The fourth-order valence-electron chi connectivity index (χ4n) is 3.92. The van der Waals surface area contributed by atoms with E-state index in [1.165, 1.54) is 23.4 Å². The number of hydrogen-bond acceptors (Lipinski definition) is 6. The van der Waals surface area contributed by atoms with Crippen molar-refractivity contribution >= 4 is 23.2 Å². The topological polar surface area (TPSA) is 70.8 Å². The third-order valence-corrected chi connectivity index (χ3v) is 6.04. The van der Waals surface area contributed by atoms with Gasteiger partial charge in [0, 0.05) is 61.6 Å². The highest BCUT2D eigenvalue weighted by Crippen LogP contribution is 2.25. The Bertz CT molecular complexity index is 1100. The maximum Gasteiger partial charge on any atom is 0.246 e. The fourth-order valence-corrected chi connectivity index (χ4v) is 4.08. The zero-order valence-electron chi connectivity index (χ0n) is 19.1. The molecule has 9 heteroatoms. The SMILES string of the molecule is Cc1ccc(Cl)cc1N1CCN(CCNC(=O)COCc2cc(-c3ccc(F)cc3)on2)CC1. The Morgan fingerprint density at radius 3 is 2.68 bits per heavy atom. The second-order valence-corrected chi connectivity index (χ2v) is 8.73. The van der Waals surface area contributed by atoms with Crippen molar-refractivity contribution in [2.75, 3.05) is 50.8 Å². The number of benzene rings is 2. The Hall–Kier alpha value is -2.94. The minimum atomic E-state index is -0.312. The van der Waals surface area contributed by atoms with Crippen molar-refractivity contribution in [3.05, 3.63) is 70.6 Å². The van der Waals surface area contributed by atoms with Crippen molar-refractivity contribution in [3.63, 3.8) is 0 Å². The zero-order valence-corrected chi connectivity index (χ0v) is 19.9. The average molecular weight is 487 g/mol. The molecule has 1 fully saturated rings. The van der Waals surface area contributed by atoms with Gasteiger partial charge in [0.05, 0.1) is 6.61 Å². The van der Waals surface area contributed by atoms with E-state index in [2.05, 4.69) is 33.3 Å². The van der Waals surface area contributed by atoms with Gasteiger partial charge in [-0.05, 0) is 48.9 Å². The first-order valence-electron chi connectivity index (χ1n) is 11.3. The van der Waals surface area contributed by atoms with Crippen LogP contribution in [0, 0.1) is 12.7 Å². The van der Waals surface area contributed by atoms with E-state index in [9.17, 15) is 9.18 Å². The molecule has 0 saturated carbocycles. The molecule has 0 spiro atoms. The Morgan fingerprint density at radius 2 is 1.91 bits per heavy atom. The summed E-state index contributed by atoms with van der Waals surface area (Å²) in [6.07, 6.45) is 0. The number of rotatable bonds is 9. The van der Waals surface area contributed by atoms with Gasteiger partial charge in [-0.25, -0.2) is 4.39 Å². The molecule has 180 valence electrons. The number of nitrogens with zero attached hydrogens (tertiary/aromatic N) is 3. The number of halogens is 2. The van der Waals surface area contributed by atoms with Crippen molar-refractivity contribution in [2.45, 2.75) is 13.5 Å². The normalized spacial score (nSPS) is 14.4. The van der Waals surface area contributed by atoms with Crippen LogP contribution in [0.3, 0.4) is 0 Å². The number of carbonyl (C=O) groups excluding carboxylic acids is 1. The van der Waals surface area contributed by atoms with Gasteiger partial charge < -0.3 is 19.5 Å². The summed E-state index contributed by atoms with van der Waals surface area (Å²) in [5, 5.41) is 7.58. The first kappa shape index (κ1) is 24.2. The highest BCUT2D eigenvalue weighted by molar-refractivity contribution is 6.30. The Morgan fingerprint density at radius 1 is 1.15 bits per heavy atom. The molecule has 1 aliphatic rings. The van der Waals surface area contributed by atoms with E-state index >= 15 is 0 Å². The van der Waals surface area contributed by atoms with Crippen LogP contribution in [0.4, 0.5) is 10.1 Å². The van der Waals surface area contributed by atoms with Crippen molar-refractivity contribution in [2.24, 2.45) is 0 Å². The van der Waals surface area contributed by atoms with Crippen LogP contribution < -0.4 is 10.2 Å². The molecule has 0 unspecified atom stereocenters. The van der Waals surface area contributed by atoms with E-state index in [1.807, 2.05) is 12.1 Å². The fraction of sp³-hybridized carbons (Fsp3) is 0.360. The first-order chi connectivity index (χ1) is 16.5. The summed E-state index contributed by atoms with van der Waals surface area (Å²) in [6.45, 7) is 7.27. The number of anilines is 1. The molecule has 7 nitrogen and oxygen atoms in total. The van der Waals surface area contributed by atoms with Crippen LogP contribution in [-0.4, -0.2) is 61.8 Å². The van der Waals surface area contributed by atoms with Gasteiger partial charge >= 0.3 is 0 Å². The quantitative estimate of drug-likeness (QED) is 0.494. The smallest absolute Gasteiger partial charge is 0.246 e. The van der Waals surface area contributed by atoms with Gasteiger partial charge in [0.1, 0.15) is 18.1 Å². The molecule has 0 aliphatic carbocycles. The zero-order chi connectivity index (χ0) is 23.9. The summed E-state index contributed by atoms with van der Waals surface area (Å²) < 4.78 is 23.7. The molecule has 1 aliphatic heterocycles. The van der Waals surface area contributed by atoms with E-state index in [-0.39, 0.29) is 24.9 Å². The third kappa shape index (κ3) is 6.56. The van der Waals surface area contributed by atoms with Crippen molar-refractivity contribution in [1.29, 1.82) is 0 Å². The maximum atomic E-state index is 13.0. The van der Waals surface area contributed by atoms with E-state index < -0.39 is 0 Å². The number of hydrogen-bond donors (Lipinski definition) is 1. The van der Waals surface area contributed by atoms with Crippen LogP contribution >= 0.6 is 11.6 Å². The molecule has 2 heterocycles. The van der Waals surface area contributed by atoms with Crippen molar-refractivity contribution in [1.82, 2.24) is 15.4 Å². The lowest BCUT2D eigenvalue weighted by Crippen LogP contribution is -2.48. The minimum absolute atomic E-state index is 0.0550. The molecule has 2 aromatic carbocycles. The van der Waals surface area contributed by atoms with Gasteiger partial charge in [-0.1, -0.05) is 22.8 Å². The van der Waals surface area contributed by atoms with Gasteiger partial charge in [0.25, 0.3) is 0 Å². The molecule has 0 radical (unpaired) electrons. The summed E-state index contributed by atoms with van der Waals surface area (Å²) in [4.78, 5) is 16.8. The third-order valence-electron chi connectivity index (χ3n) is 5.81. The predicted octanol–water partition coefficient (Wildman–Crippen LogP) is 3.90. The molecule has 1 saturated heterocycles. The monoisotopic (exact) mass is 486 g/mol. The summed E-state index contributed by atoms with van der Waals surface area (Å²) >= 11 is 6.16. The van der Waals surface area contributed by atoms with Crippen LogP contribution in [-0.2, 0) is 16.1 Å². The standard InChI is InChI=1S/C25H28ClFN4O3/c1-18-2-5-20(26)14-23(18)31-12-10-30(11-13-31)9-8-28-25(32)17-33-16-22-15-24(34-29-22)19-3-6-21(27)7-4-19/h2-7,14-15H,8-13,16-17H2,1H3,(H,28,32). The average Bonchev–Trinajstić information content (AvgIpc) is 3.30. The van der Waals surface area contributed by atoms with Crippen LogP contribution in [0.2, 0.25) is 5.02 Å². The van der Waals surface area contributed by atoms with Gasteiger partial charge in [-0.15, -0.1) is 0 Å². The van der Waals surface area contributed by atoms with Gasteiger partial charge in [-0.2, -0.15) is 0 Å². The Kier molecular flexibility index (Phi) is 8.16. The van der Waals surface area contributed by atoms with Crippen molar-refractivity contribution in [3.8, 4) is 11.3 Å². The van der Waals surface area contributed by atoms with Crippen molar-refractivity contribution < 1.29 is 18.4 Å². The predicted molar refractivity (Wildman–Crippen MR) is 129 cm³/mol. The molecule has 1 amide bonds. The summed E-state index contributed by atoms with van der Waals surface area (Å²) in [6, 6.07) is 13.7. The molecule has 0 atom stereocenters. The second kappa shape index (κ2) is 11.5. The van der Waals surface area contributed by atoms with Crippen LogP contribution in [0.5, 0.6) is 0 Å². The molecule has 1 N–H and O–H groups in total. The number of aromatic nitrogens is 1. The second-order valence-electron chi connectivity index (χ2n) is 8.29. The summed E-state index contributed by atoms with van der Waals surface area (Å²) in [5.74, 6) is 0.0387. The number of carbonyl (C=O) groups is 1. The molecule has 34 heavy (non-hydrogen) atoms. The molecular weight excluding hydrogens is 459 g/mol. The molecular formula is C25H28ClFN4O3. The molecule has 1 aromatic heterocycles. The number of nitrogens with one attached hydrogen (secondary N) is 1. The Labute approximate surface area is 203 Å². The molecule has 4 rings (SSSR count). The van der Waals surface area contributed by atoms with Gasteiger partial charge in [-0.3, -0.25) is 9.69 Å². The maximum absolute atomic E-state index is 13.0. The lowest BCUT2D eigenvalue weighted by atomic mass is 10.1. The summed E-state index contributed by atoms with van der Waals surface area (Å²) in [7, 11) is 0. The number of amides is 1. The van der Waals surface area contributed by atoms with E-state index in [1.54, 1.807) is 18.2 Å². The van der Waals surface area contributed by atoms with E-state index in [0.717, 1.165) is 43.3 Å². The summed E-state index contributed by atoms with van der Waals surface area (Å²) in [5.41, 5.74) is 3.71. The van der Waals surface area contributed by atoms with Crippen LogP contribution in [0.25, 0.3) is 11.3 Å². The van der Waals surface area contributed by atoms with E-state index in [0.29, 0.717) is 18.0 Å². The molecule has 3 aromatic rings. The van der Waals surface area contributed by atoms with Crippen LogP contribution in [0.1, 0.15) is 11.3 Å². The Balaban J connectivity index is 1.11. The number of aryl methyl sites for hydroxylation is 1. The largest absolute Gasteiger partial charge is 0.369 e. The minimum Gasteiger partial charge on any atom is -0.369 e. The lowest BCUT2D eigenvalue weighted by molar-refractivity contribution is -0.126. The van der Waals surface area contributed by atoms with Gasteiger partial charge in [0.15, 0.2) is 5.76 Å². The highest BCUT2D eigenvalue weighted by Gasteiger charge is 2.18. The number of piperazine rings is 1. The highest BCUT2D eigenvalue weighted by atomic mass is 35.5. The first-order valence-corrected chi connectivity index (χ1v) is 11.6. The van der Waals surface area contributed by atoms with E-state index in [4.69, 9.17) is 20.9 Å².